The number of phosphoric ester groups is 1. The van der Waals surface area contributed by atoms with E-state index < -0.39 is 7.82 Å². The van der Waals surface area contributed by atoms with Gasteiger partial charge < -0.3 is 0 Å². The standard InChI is InChI=1S/C6H15O4P.C5H8O2/c1-4-8-11(7,9-5-2)10-6-3;1-4(6)3-5(2)7/h4-6H2,1-3H3;3H2,1-2H3. The first-order chi connectivity index (χ1) is 8.31. The summed E-state index contributed by atoms with van der Waals surface area (Å²) in [5, 5.41) is 0. The molecule has 0 aromatic carbocycles. The van der Waals surface area contributed by atoms with Gasteiger partial charge in [-0.1, -0.05) is 0 Å². The van der Waals surface area contributed by atoms with Crippen molar-refractivity contribution in [3.63, 3.8) is 0 Å². The fourth-order valence-electron chi connectivity index (χ4n) is 0.937. The Morgan fingerprint density at radius 2 is 1.11 bits per heavy atom. The fourth-order valence-corrected chi connectivity index (χ4v) is 2.11. The Morgan fingerprint density at radius 3 is 1.22 bits per heavy atom. The minimum Gasteiger partial charge on any atom is -0.300 e. The first-order valence-electron chi connectivity index (χ1n) is 5.83. The van der Waals surface area contributed by atoms with Gasteiger partial charge >= 0.3 is 7.82 Å². The molecule has 0 amide bonds. The number of ketones is 2. The lowest BCUT2D eigenvalue weighted by molar-refractivity contribution is -0.124. The molecule has 0 N–H and O–H groups in total. The average molecular weight is 282 g/mol. The number of Topliss-reactive ketones (excluding diaryl/α,β-unsaturated/α-hetero) is 2. The van der Waals surface area contributed by atoms with Crippen LogP contribution in [-0.2, 0) is 27.7 Å². The van der Waals surface area contributed by atoms with Crippen molar-refractivity contribution >= 4 is 19.4 Å². The van der Waals surface area contributed by atoms with Crippen LogP contribution in [-0.4, -0.2) is 31.4 Å². The molecule has 0 atom stereocenters. The van der Waals surface area contributed by atoms with Crippen LogP contribution in [0.4, 0.5) is 0 Å². The Morgan fingerprint density at radius 1 is 0.833 bits per heavy atom. The van der Waals surface area contributed by atoms with Crippen LogP contribution < -0.4 is 0 Å². The third-order valence-corrected chi connectivity index (χ3v) is 3.08. The van der Waals surface area contributed by atoms with Crippen molar-refractivity contribution in [1.82, 2.24) is 0 Å². The van der Waals surface area contributed by atoms with E-state index in [2.05, 4.69) is 0 Å². The van der Waals surface area contributed by atoms with Crippen LogP contribution in [0.25, 0.3) is 0 Å². The van der Waals surface area contributed by atoms with E-state index in [1.54, 1.807) is 20.8 Å². The predicted octanol–water partition coefficient (Wildman–Crippen LogP) is 2.76. The normalized spacial score (nSPS) is 10.5. The molecule has 0 rings (SSSR count). The third kappa shape index (κ3) is 13.5. The molecule has 0 aliphatic heterocycles. The minimum atomic E-state index is -3.22. The van der Waals surface area contributed by atoms with Crippen molar-refractivity contribution in [3.05, 3.63) is 0 Å². The highest BCUT2D eigenvalue weighted by atomic mass is 31.2. The van der Waals surface area contributed by atoms with Gasteiger partial charge in [-0.25, -0.2) is 4.57 Å². The molecule has 0 aliphatic carbocycles. The fraction of sp³-hybridized carbons (Fsp3) is 0.818. The lowest BCUT2D eigenvalue weighted by Gasteiger charge is -2.14. The molecule has 0 fully saturated rings. The van der Waals surface area contributed by atoms with Crippen molar-refractivity contribution in [2.45, 2.75) is 41.0 Å². The molecule has 0 bridgehead atoms. The van der Waals surface area contributed by atoms with Gasteiger partial charge in [-0.15, -0.1) is 0 Å². The SMILES string of the molecule is CC(=O)CC(C)=O.CCOP(=O)(OCC)OCC. The third-order valence-electron chi connectivity index (χ3n) is 1.36. The molecule has 0 saturated heterocycles. The van der Waals surface area contributed by atoms with Crippen LogP contribution >= 0.6 is 7.82 Å². The molecule has 0 aromatic heterocycles. The van der Waals surface area contributed by atoms with Gasteiger partial charge in [0, 0.05) is 0 Å². The van der Waals surface area contributed by atoms with Gasteiger partial charge in [-0.05, 0) is 34.6 Å². The zero-order valence-corrected chi connectivity index (χ0v) is 12.6. The van der Waals surface area contributed by atoms with Gasteiger partial charge in [0.1, 0.15) is 11.6 Å². The van der Waals surface area contributed by atoms with E-state index in [1.807, 2.05) is 0 Å². The molecule has 0 aromatic rings. The summed E-state index contributed by atoms with van der Waals surface area (Å²) in [4.78, 5) is 20.1. The second kappa shape index (κ2) is 11.5. The number of hydrogen-bond acceptors (Lipinski definition) is 6. The lowest BCUT2D eigenvalue weighted by atomic mass is 10.2. The second-order valence-electron chi connectivity index (χ2n) is 3.28. The summed E-state index contributed by atoms with van der Waals surface area (Å²) < 4.78 is 25.8. The predicted molar refractivity (Wildman–Crippen MR) is 68.5 cm³/mol. The van der Waals surface area contributed by atoms with E-state index in [-0.39, 0.29) is 18.0 Å². The molecular formula is C11H23O6P. The maximum absolute atomic E-state index is 11.3. The lowest BCUT2D eigenvalue weighted by Crippen LogP contribution is -1.99. The summed E-state index contributed by atoms with van der Waals surface area (Å²) in [6.45, 7) is 9.02. The molecule has 0 aliphatic rings. The van der Waals surface area contributed by atoms with Crippen LogP contribution in [0.2, 0.25) is 0 Å². The van der Waals surface area contributed by atoms with Crippen molar-refractivity contribution in [2.24, 2.45) is 0 Å². The Kier molecular flexibility index (Phi) is 12.7. The van der Waals surface area contributed by atoms with Gasteiger partial charge in [-0.3, -0.25) is 23.2 Å². The van der Waals surface area contributed by atoms with E-state index in [0.717, 1.165) is 0 Å². The molecular weight excluding hydrogens is 259 g/mol. The number of carbonyl (C=O) groups is 2. The van der Waals surface area contributed by atoms with Gasteiger partial charge in [0.15, 0.2) is 0 Å². The molecule has 7 heteroatoms. The molecule has 108 valence electrons. The highest BCUT2D eigenvalue weighted by Crippen LogP contribution is 2.48. The summed E-state index contributed by atoms with van der Waals surface area (Å²) in [5.74, 6) is -0.125. The summed E-state index contributed by atoms with van der Waals surface area (Å²) in [6, 6.07) is 0. The van der Waals surface area contributed by atoms with Crippen LogP contribution in [0, 0.1) is 0 Å². The van der Waals surface area contributed by atoms with Gasteiger partial charge in [-0.2, -0.15) is 0 Å². The highest BCUT2D eigenvalue weighted by Gasteiger charge is 2.23. The number of rotatable bonds is 8. The van der Waals surface area contributed by atoms with Crippen molar-refractivity contribution in [1.29, 1.82) is 0 Å². The van der Waals surface area contributed by atoms with E-state index in [1.165, 1.54) is 13.8 Å². The number of hydrogen-bond donors (Lipinski definition) is 0. The Balaban J connectivity index is 0. The van der Waals surface area contributed by atoms with Gasteiger partial charge in [0.05, 0.1) is 26.2 Å². The monoisotopic (exact) mass is 282 g/mol. The van der Waals surface area contributed by atoms with Crippen LogP contribution in [0.1, 0.15) is 41.0 Å². The van der Waals surface area contributed by atoms with Crippen molar-refractivity contribution in [2.75, 3.05) is 19.8 Å². The summed E-state index contributed by atoms with van der Waals surface area (Å²) in [6.07, 6.45) is 0.0833. The van der Waals surface area contributed by atoms with Crippen LogP contribution in [0.5, 0.6) is 0 Å². The van der Waals surface area contributed by atoms with Crippen LogP contribution in [0.3, 0.4) is 0 Å². The van der Waals surface area contributed by atoms with Crippen LogP contribution in [0.15, 0.2) is 0 Å². The largest absolute Gasteiger partial charge is 0.474 e. The molecule has 0 radical (unpaired) electrons. The summed E-state index contributed by atoms with van der Waals surface area (Å²) in [5.41, 5.74) is 0. The summed E-state index contributed by atoms with van der Waals surface area (Å²) >= 11 is 0. The minimum absolute atomic E-state index is 0.0625. The van der Waals surface area contributed by atoms with E-state index in [0.29, 0.717) is 19.8 Å². The zero-order valence-electron chi connectivity index (χ0n) is 11.7. The van der Waals surface area contributed by atoms with E-state index in [9.17, 15) is 14.2 Å². The smallest absolute Gasteiger partial charge is 0.300 e. The Hall–Kier alpha value is -0.550. The average Bonchev–Trinajstić information content (AvgIpc) is 2.16. The van der Waals surface area contributed by atoms with E-state index in [4.69, 9.17) is 13.6 Å². The maximum atomic E-state index is 11.3. The Labute approximate surface area is 109 Å². The molecule has 0 spiro atoms. The van der Waals surface area contributed by atoms with Gasteiger partial charge in [0.25, 0.3) is 0 Å². The van der Waals surface area contributed by atoms with E-state index >= 15 is 0 Å². The number of phosphoric acid groups is 1. The second-order valence-corrected chi connectivity index (χ2v) is 4.95. The maximum Gasteiger partial charge on any atom is 0.474 e. The van der Waals surface area contributed by atoms with Crippen molar-refractivity contribution in [3.8, 4) is 0 Å². The first-order valence-corrected chi connectivity index (χ1v) is 7.29. The molecule has 0 heterocycles. The number of carbonyl (C=O) groups excluding carboxylic acids is 2. The van der Waals surface area contributed by atoms with Gasteiger partial charge in [0.2, 0.25) is 0 Å². The quantitative estimate of drug-likeness (QED) is 0.503. The van der Waals surface area contributed by atoms with Crippen molar-refractivity contribution < 1.29 is 27.7 Å². The highest BCUT2D eigenvalue weighted by molar-refractivity contribution is 7.48. The first kappa shape index (κ1) is 19.8. The Bertz CT molecular complexity index is 253. The molecule has 0 saturated carbocycles. The zero-order chi connectivity index (χ0) is 14.6. The molecule has 18 heavy (non-hydrogen) atoms. The topological polar surface area (TPSA) is 78.9 Å². The molecule has 6 nitrogen and oxygen atoms in total. The summed E-state index contributed by atoms with van der Waals surface area (Å²) in [7, 11) is -3.22. The molecule has 0 unspecified atom stereocenters.